The minimum atomic E-state index is -0.413. The van der Waals surface area contributed by atoms with Crippen molar-refractivity contribution >= 4 is 11.6 Å². The van der Waals surface area contributed by atoms with Gasteiger partial charge in [0.25, 0.3) is 0 Å². The number of rotatable bonds is 1. The van der Waals surface area contributed by atoms with Crippen molar-refractivity contribution in [1.82, 2.24) is 0 Å². The third-order valence-electron chi connectivity index (χ3n) is 1.56. The van der Waals surface area contributed by atoms with E-state index < -0.39 is 5.41 Å². The largest absolute Gasteiger partial charge is 1.00 e. The second-order valence-corrected chi connectivity index (χ2v) is 3.91. The van der Waals surface area contributed by atoms with Crippen LogP contribution in [0.4, 0.5) is 5.69 Å². The predicted molar refractivity (Wildman–Crippen MR) is 51.8 cm³/mol. The topological polar surface area (TPSA) is 35.4 Å². The molecule has 0 aromatic heterocycles. The maximum atomic E-state index is 11.4. The van der Waals surface area contributed by atoms with Crippen molar-refractivity contribution in [2.45, 2.75) is 20.8 Å². The summed E-state index contributed by atoms with van der Waals surface area (Å²) >= 11 is 0. The van der Waals surface area contributed by atoms with Crippen molar-refractivity contribution in [3.8, 4) is 0 Å². The smallest absolute Gasteiger partial charge is 0.861 e. The van der Waals surface area contributed by atoms with E-state index in [2.05, 4.69) is 11.1 Å². The third kappa shape index (κ3) is 6.13. The zero-order valence-electron chi connectivity index (χ0n) is 10.2. The molecule has 0 saturated carbocycles. The molecule has 1 aromatic carbocycles. The number of hydrogen-bond acceptors (Lipinski definition) is 2. The zero-order valence-corrected chi connectivity index (χ0v) is 10.2. The van der Waals surface area contributed by atoms with E-state index in [0.29, 0.717) is 5.69 Å². The molecule has 0 aliphatic heterocycles. The van der Waals surface area contributed by atoms with Crippen LogP contribution < -0.4 is 42.8 Å². The Hall–Kier alpha value is -0.115. The van der Waals surface area contributed by atoms with Crippen LogP contribution in [0.3, 0.4) is 0 Å². The molecule has 1 rings (SSSR count). The van der Waals surface area contributed by atoms with Gasteiger partial charge in [-0.25, -0.2) is 0 Å². The summed E-state index contributed by atoms with van der Waals surface area (Å²) in [6, 6.07) is 10.1. The summed E-state index contributed by atoms with van der Waals surface area (Å²) in [5.74, 6) is -0.116. The van der Waals surface area contributed by atoms with E-state index in [9.17, 15) is 5.11 Å². The van der Waals surface area contributed by atoms with Gasteiger partial charge in [-0.15, -0.1) is 6.07 Å². The summed E-state index contributed by atoms with van der Waals surface area (Å²) in [5, 5.41) is 11.4. The van der Waals surface area contributed by atoms with Gasteiger partial charge >= 0.3 is 37.7 Å². The Labute approximate surface area is 116 Å². The molecule has 4 heteroatoms. The van der Waals surface area contributed by atoms with Gasteiger partial charge in [-0.05, 0) is 11.3 Å². The Balaban J connectivity index is 0. The first-order valence-corrected chi connectivity index (χ1v) is 4.23. The molecule has 0 radical (unpaired) electrons. The van der Waals surface area contributed by atoms with E-state index in [1.165, 1.54) is 0 Å². The van der Waals surface area contributed by atoms with Crippen LogP contribution in [-0.2, 0) is 0 Å². The predicted octanol–water partition coefficient (Wildman–Crippen LogP) is -4.07. The SMILES string of the molecule is CC(C)(C)C([O-])=Nc1[c-]cccc1.[Li+].[Li+]. The van der Waals surface area contributed by atoms with Gasteiger partial charge < -0.3 is 5.11 Å². The van der Waals surface area contributed by atoms with Gasteiger partial charge in [0, 0.05) is 0 Å². The summed E-state index contributed by atoms with van der Waals surface area (Å²) in [6.45, 7) is 5.55. The van der Waals surface area contributed by atoms with Crippen LogP contribution in [0, 0.1) is 11.5 Å². The van der Waals surface area contributed by atoms with Gasteiger partial charge in [-0.3, -0.25) is 4.99 Å². The Morgan fingerprint density at radius 2 is 1.87 bits per heavy atom. The van der Waals surface area contributed by atoms with Gasteiger partial charge in [-0.2, -0.15) is 24.3 Å². The average Bonchev–Trinajstić information content (AvgIpc) is 2.04. The van der Waals surface area contributed by atoms with Crippen molar-refractivity contribution in [2.24, 2.45) is 10.4 Å². The van der Waals surface area contributed by atoms with Crippen molar-refractivity contribution in [3.05, 3.63) is 30.3 Å². The Kier molecular flexibility index (Phi) is 8.30. The number of aliphatic imine (C=N–C) groups is 1. The van der Waals surface area contributed by atoms with Gasteiger partial charge in [0.05, 0.1) is 0 Å². The first-order chi connectivity index (χ1) is 6.00. The van der Waals surface area contributed by atoms with E-state index in [1.807, 2.05) is 32.9 Å². The normalized spacial score (nSPS) is 11.3. The van der Waals surface area contributed by atoms with Crippen molar-refractivity contribution in [2.75, 3.05) is 0 Å². The first-order valence-electron chi connectivity index (χ1n) is 4.23. The van der Waals surface area contributed by atoms with Gasteiger partial charge in [0.2, 0.25) is 0 Å². The van der Waals surface area contributed by atoms with Crippen LogP contribution >= 0.6 is 0 Å². The third-order valence-corrected chi connectivity index (χ3v) is 1.56. The zero-order chi connectivity index (χ0) is 9.90. The minimum absolute atomic E-state index is 0. The molecule has 15 heavy (non-hydrogen) atoms. The van der Waals surface area contributed by atoms with E-state index in [0.717, 1.165) is 0 Å². The van der Waals surface area contributed by atoms with Crippen LogP contribution in [0.1, 0.15) is 20.8 Å². The summed E-state index contributed by atoms with van der Waals surface area (Å²) in [5.41, 5.74) is 0.186. The average molecular weight is 189 g/mol. The maximum absolute atomic E-state index is 11.4. The summed E-state index contributed by atoms with van der Waals surface area (Å²) < 4.78 is 0. The monoisotopic (exact) mass is 189 g/mol. The van der Waals surface area contributed by atoms with Crippen molar-refractivity contribution in [3.63, 3.8) is 0 Å². The van der Waals surface area contributed by atoms with Crippen LogP contribution in [0.25, 0.3) is 0 Å². The molecule has 0 aliphatic rings. The van der Waals surface area contributed by atoms with E-state index in [1.54, 1.807) is 12.1 Å². The summed E-state index contributed by atoms with van der Waals surface area (Å²) in [7, 11) is 0. The Morgan fingerprint density at radius 3 is 2.27 bits per heavy atom. The second-order valence-electron chi connectivity index (χ2n) is 3.91. The molecule has 0 atom stereocenters. The fourth-order valence-corrected chi connectivity index (χ4v) is 0.731. The van der Waals surface area contributed by atoms with Crippen molar-refractivity contribution in [1.29, 1.82) is 0 Å². The molecule has 2 nitrogen and oxygen atoms in total. The number of benzene rings is 1. The molecule has 0 fully saturated rings. The summed E-state index contributed by atoms with van der Waals surface area (Å²) in [4.78, 5) is 3.94. The molecule has 0 saturated heterocycles. The van der Waals surface area contributed by atoms with Crippen LogP contribution in [-0.4, -0.2) is 5.90 Å². The number of para-hydroxylation sites is 1. The molecular weight excluding hydrogens is 176 g/mol. The van der Waals surface area contributed by atoms with Gasteiger partial charge in [-0.1, -0.05) is 26.5 Å². The molecule has 0 spiro atoms. The van der Waals surface area contributed by atoms with Crippen LogP contribution in [0.5, 0.6) is 0 Å². The maximum Gasteiger partial charge on any atom is 1.00 e. The fourth-order valence-electron chi connectivity index (χ4n) is 0.731. The Morgan fingerprint density at radius 1 is 1.27 bits per heavy atom. The van der Waals surface area contributed by atoms with E-state index in [4.69, 9.17) is 0 Å². The summed E-state index contributed by atoms with van der Waals surface area (Å²) in [6.07, 6.45) is 0. The number of hydrogen-bond donors (Lipinski definition) is 0. The first kappa shape index (κ1) is 17.3. The van der Waals surface area contributed by atoms with E-state index in [-0.39, 0.29) is 43.6 Å². The number of nitrogens with zero attached hydrogens (tertiary/aromatic N) is 1. The molecule has 0 unspecified atom stereocenters. The van der Waals surface area contributed by atoms with E-state index >= 15 is 0 Å². The van der Waals surface area contributed by atoms with Crippen LogP contribution in [0.2, 0.25) is 0 Å². The molecule has 0 amide bonds. The standard InChI is InChI=1S/C11H14NO.2Li/c1-11(2,3)10(13)12-9-7-5-4-6-8-9;;/h4-7H,1-3H3,(H,12,13);;/q-1;2*+1/p-1. The molecule has 0 aliphatic carbocycles. The molecule has 1 aromatic rings. The molecular formula is C11H13Li2NO. The quantitative estimate of drug-likeness (QED) is 0.191. The Bertz CT molecular complexity index is 304. The van der Waals surface area contributed by atoms with Crippen molar-refractivity contribution < 1.29 is 42.8 Å². The van der Waals surface area contributed by atoms with Gasteiger partial charge in [0.15, 0.2) is 0 Å². The van der Waals surface area contributed by atoms with Crippen LogP contribution in [0.15, 0.2) is 29.3 Å². The fraction of sp³-hybridized carbons (Fsp3) is 0.364. The minimum Gasteiger partial charge on any atom is -0.861 e. The molecule has 0 heterocycles. The molecule has 70 valence electrons. The molecule has 0 bridgehead atoms. The van der Waals surface area contributed by atoms with Gasteiger partial charge in [0.1, 0.15) is 0 Å². The second kappa shape index (κ2) is 7.21. The molecule has 0 N–H and O–H groups in total.